The standard InChI is InChI=1S/C12H15NO6S/c1-17-12(14)8-13-20(15,16)9-3-4-10-11(7-9)19-6-2-5-18-10/h3-4,7,13H,2,5-6,8H2,1H3. The average Bonchev–Trinajstić information content (AvgIpc) is 2.69. The average molecular weight is 301 g/mol. The number of nitrogens with one attached hydrogen (secondary N) is 1. The van der Waals surface area contributed by atoms with Gasteiger partial charge in [0.1, 0.15) is 6.54 Å². The third-order valence-electron chi connectivity index (χ3n) is 2.66. The number of benzene rings is 1. The predicted molar refractivity (Wildman–Crippen MR) is 69.3 cm³/mol. The van der Waals surface area contributed by atoms with Gasteiger partial charge < -0.3 is 14.2 Å². The minimum Gasteiger partial charge on any atom is -0.490 e. The SMILES string of the molecule is COC(=O)CNS(=O)(=O)c1ccc2c(c1)OCCCO2. The molecule has 0 aromatic heterocycles. The molecule has 0 saturated heterocycles. The van der Waals surface area contributed by atoms with E-state index in [2.05, 4.69) is 9.46 Å². The van der Waals surface area contributed by atoms with E-state index in [1.54, 1.807) is 0 Å². The first-order valence-corrected chi connectivity index (χ1v) is 7.47. The molecule has 1 heterocycles. The number of sulfonamides is 1. The molecule has 0 saturated carbocycles. The predicted octanol–water partition coefficient (Wildman–Crippen LogP) is 0.299. The van der Waals surface area contributed by atoms with Crippen molar-refractivity contribution < 1.29 is 27.4 Å². The van der Waals surface area contributed by atoms with E-state index in [0.29, 0.717) is 24.7 Å². The van der Waals surface area contributed by atoms with Gasteiger partial charge in [-0.3, -0.25) is 4.79 Å². The van der Waals surface area contributed by atoms with Gasteiger partial charge in [0.05, 0.1) is 25.2 Å². The third kappa shape index (κ3) is 3.40. The van der Waals surface area contributed by atoms with Crippen molar-refractivity contribution in [1.82, 2.24) is 4.72 Å². The van der Waals surface area contributed by atoms with E-state index < -0.39 is 22.5 Å². The normalized spacial score (nSPS) is 14.4. The Morgan fingerprint density at radius 3 is 2.70 bits per heavy atom. The Labute approximate surface area is 116 Å². The van der Waals surface area contributed by atoms with Gasteiger partial charge in [-0.05, 0) is 12.1 Å². The van der Waals surface area contributed by atoms with Gasteiger partial charge in [0, 0.05) is 12.5 Å². The summed E-state index contributed by atoms with van der Waals surface area (Å²) in [6, 6.07) is 4.31. The Kier molecular flexibility index (Phi) is 4.46. The zero-order chi connectivity index (χ0) is 14.6. The van der Waals surface area contributed by atoms with Crippen LogP contribution in [0.25, 0.3) is 0 Å². The lowest BCUT2D eigenvalue weighted by atomic mass is 10.3. The first-order chi connectivity index (χ1) is 9.53. The molecule has 0 amide bonds. The minimum absolute atomic E-state index is 0.00523. The van der Waals surface area contributed by atoms with Crippen molar-refractivity contribution >= 4 is 16.0 Å². The maximum Gasteiger partial charge on any atom is 0.320 e. The van der Waals surface area contributed by atoms with E-state index in [-0.39, 0.29) is 4.90 Å². The van der Waals surface area contributed by atoms with Gasteiger partial charge in [0.2, 0.25) is 10.0 Å². The van der Waals surface area contributed by atoms with Crippen LogP contribution in [0.5, 0.6) is 11.5 Å². The first kappa shape index (κ1) is 14.6. The van der Waals surface area contributed by atoms with Gasteiger partial charge in [0.25, 0.3) is 0 Å². The van der Waals surface area contributed by atoms with E-state index >= 15 is 0 Å². The fraction of sp³-hybridized carbons (Fsp3) is 0.417. The molecule has 110 valence electrons. The summed E-state index contributed by atoms with van der Waals surface area (Å²) in [4.78, 5) is 11.0. The number of esters is 1. The molecule has 0 aliphatic carbocycles. The smallest absolute Gasteiger partial charge is 0.320 e. The molecule has 0 atom stereocenters. The summed E-state index contributed by atoms with van der Waals surface area (Å²) in [7, 11) is -2.61. The van der Waals surface area contributed by atoms with E-state index in [9.17, 15) is 13.2 Å². The number of rotatable bonds is 4. The highest BCUT2D eigenvalue weighted by Gasteiger charge is 2.19. The maximum atomic E-state index is 12.0. The van der Waals surface area contributed by atoms with Crippen molar-refractivity contribution in [3.8, 4) is 11.5 Å². The number of methoxy groups -OCH3 is 1. The second-order valence-electron chi connectivity index (χ2n) is 4.06. The van der Waals surface area contributed by atoms with Gasteiger partial charge >= 0.3 is 5.97 Å². The van der Waals surface area contributed by atoms with E-state index in [0.717, 1.165) is 6.42 Å². The van der Waals surface area contributed by atoms with Crippen molar-refractivity contribution in [2.24, 2.45) is 0 Å². The lowest BCUT2D eigenvalue weighted by molar-refractivity contribution is -0.139. The molecule has 7 nitrogen and oxygen atoms in total. The van der Waals surface area contributed by atoms with Gasteiger partial charge in [-0.2, -0.15) is 4.72 Å². The highest BCUT2D eigenvalue weighted by Crippen LogP contribution is 2.31. The lowest BCUT2D eigenvalue weighted by Crippen LogP contribution is -2.30. The number of hydrogen-bond donors (Lipinski definition) is 1. The molecule has 1 aliphatic rings. The highest BCUT2D eigenvalue weighted by molar-refractivity contribution is 7.89. The number of hydrogen-bond acceptors (Lipinski definition) is 6. The maximum absolute atomic E-state index is 12.0. The van der Waals surface area contributed by atoms with Crippen molar-refractivity contribution in [2.75, 3.05) is 26.9 Å². The Bertz CT molecular complexity index is 598. The largest absolute Gasteiger partial charge is 0.490 e. The Morgan fingerprint density at radius 1 is 1.30 bits per heavy atom. The van der Waals surface area contributed by atoms with Gasteiger partial charge in [-0.15, -0.1) is 0 Å². The fourth-order valence-corrected chi connectivity index (χ4v) is 2.60. The number of carbonyl (C=O) groups excluding carboxylic acids is 1. The molecule has 20 heavy (non-hydrogen) atoms. The van der Waals surface area contributed by atoms with Crippen LogP contribution in [0.15, 0.2) is 23.1 Å². The monoisotopic (exact) mass is 301 g/mol. The van der Waals surface area contributed by atoms with Gasteiger partial charge in [-0.25, -0.2) is 8.42 Å². The van der Waals surface area contributed by atoms with Crippen LogP contribution in [0.4, 0.5) is 0 Å². The van der Waals surface area contributed by atoms with Crippen LogP contribution in [-0.2, 0) is 19.6 Å². The van der Waals surface area contributed by atoms with Crippen LogP contribution in [0.1, 0.15) is 6.42 Å². The summed E-state index contributed by atoms with van der Waals surface area (Å²) in [6.07, 6.45) is 0.733. The highest BCUT2D eigenvalue weighted by atomic mass is 32.2. The summed E-state index contributed by atoms with van der Waals surface area (Å²) in [5, 5.41) is 0. The number of fused-ring (bicyclic) bond motifs is 1. The third-order valence-corrected chi connectivity index (χ3v) is 4.06. The Balaban J connectivity index is 2.19. The molecule has 0 radical (unpaired) electrons. The molecule has 1 aliphatic heterocycles. The van der Waals surface area contributed by atoms with Crippen LogP contribution in [0.2, 0.25) is 0 Å². The summed E-state index contributed by atoms with van der Waals surface area (Å²) >= 11 is 0. The minimum atomic E-state index is -3.80. The first-order valence-electron chi connectivity index (χ1n) is 5.99. The summed E-state index contributed by atoms with van der Waals surface area (Å²) in [5.74, 6) is 0.223. The van der Waals surface area contributed by atoms with Gasteiger partial charge in [0.15, 0.2) is 11.5 Å². The Morgan fingerprint density at radius 2 is 2.00 bits per heavy atom. The molecule has 0 spiro atoms. The number of ether oxygens (including phenoxy) is 3. The molecule has 0 unspecified atom stereocenters. The van der Waals surface area contributed by atoms with Crippen LogP contribution < -0.4 is 14.2 Å². The second kappa shape index (κ2) is 6.10. The van der Waals surface area contributed by atoms with Crippen molar-refractivity contribution in [2.45, 2.75) is 11.3 Å². The molecule has 8 heteroatoms. The van der Waals surface area contributed by atoms with Crippen LogP contribution in [0.3, 0.4) is 0 Å². The topological polar surface area (TPSA) is 90.9 Å². The Hall–Kier alpha value is -1.80. The van der Waals surface area contributed by atoms with E-state index in [4.69, 9.17) is 9.47 Å². The summed E-state index contributed by atoms with van der Waals surface area (Å²) < 4.78 is 41.4. The lowest BCUT2D eigenvalue weighted by Gasteiger charge is -2.10. The zero-order valence-corrected chi connectivity index (χ0v) is 11.7. The molecular weight excluding hydrogens is 286 g/mol. The molecule has 0 fully saturated rings. The molecule has 2 rings (SSSR count). The van der Waals surface area contributed by atoms with Crippen molar-refractivity contribution in [3.63, 3.8) is 0 Å². The number of carbonyl (C=O) groups is 1. The molecule has 1 N–H and O–H groups in total. The molecule has 0 bridgehead atoms. The van der Waals surface area contributed by atoms with E-state index in [1.165, 1.54) is 25.3 Å². The van der Waals surface area contributed by atoms with Crippen LogP contribution in [0, 0.1) is 0 Å². The van der Waals surface area contributed by atoms with Crippen molar-refractivity contribution in [1.29, 1.82) is 0 Å². The van der Waals surface area contributed by atoms with Crippen molar-refractivity contribution in [3.05, 3.63) is 18.2 Å². The molecular formula is C12H15NO6S. The summed E-state index contributed by atoms with van der Waals surface area (Å²) in [5.41, 5.74) is 0. The molecule has 1 aromatic carbocycles. The van der Waals surface area contributed by atoms with Gasteiger partial charge in [-0.1, -0.05) is 0 Å². The summed E-state index contributed by atoms with van der Waals surface area (Å²) in [6.45, 7) is 0.569. The fourth-order valence-electron chi connectivity index (χ4n) is 1.62. The molecule has 1 aromatic rings. The van der Waals surface area contributed by atoms with Crippen LogP contribution >= 0.6 is 0 Å². The van der Waals surface area contributed by atoms with E-state index in [1.807, 2.05) is 0 Å². The van der Waals surface area contributed by atoms with Crippen LogP contribution in [-0.4, -0.2) is 41.3 Å². The second-order valence-corrected chi connectivity index (χ2v) is 5.83. The quantitative estimate of drug-likeness (QED) is 0.804. The zero-order valence-electron chi connectivity index (χ0n) is 10.9.